The predicted molar refractivity (Wildman–Crippen MR) is 74.2 cm³/mol. The summed E-state index contributed by atoms with van der Waals surface area (Å²) in [7, 11) is 1.74. The summed E-state index contributed by atoms with van der Waals surface area (Å²) in [6.07, 6.45) is 0. The van der Waals surface area contributed by atoms with E-state index < -0.39 is 0 Å². The van der Waals surface area contributed by atoms with Crippen LogP contribution in [-0.4, -0.2) is 24.5 Å². The number of aryl methyl sites for hydroxylation is 1. The van der Waals surface area contributed by atoms with Crippen molar-refractivity contribution in [3.8, 4) is 0 Å². The number of hydrogen-bond acceptors (Lipinski definition) is 4. The molecule has 6 heteroatoms. The molecule has 0 fully saturated rings. The van der Waals surface area contributed by atoms with Crippen molar-refractivity contribution in [3.63, 3.8) is 0 Å². The summed E-state index contributed by atoms with van der Waals surface area (Å²) in [6.45, 7) is 2.32. The number of para-hydroxylation sites is 1. The van der Waals surface area contributed by atoms with Gasteiger partial charge in [0.05, 0.1) is 16.8 Å². The van der Waals surface area contributed by atoms with E-state index in [1.165, 1.54) is 11.3 Å². The topological polar surface area (TPSA) is 54.0 Å². The zero-order chi connectivity index (χ0) is 11.5. The molecule has 0 saturated carbocycles. The van der Waals surface area contributed by atoms with E-state index in [1.54, 1.807) is 7.05 Å². The van der Waals surface area contributed by atoms with E-state index in [9.17, 15) is 4.79 Å². The van der Waals surface area contributed by atoms with Crippen molar-refractivity contribution in [2.75, 3.05) is 18.9 Å². The van der Waals surface area contributed by atoms with Gasteiger partial charge in [-0.05, 0) is 25.6 Å². The number of nitrogens with one attached hydrogen (secondary N) is 2. The summed E-state index contributed by atoms with van der Waals surface area (Å²) in [5.74, 6) is -0.0702. The van der Waals surface area contributed by atoms with Gasteiger partial charge in [0.25, 0.3) is 0 Å². The number of likely N-dealkylation sites (N-methyl/N-ethyl adjacent to an activating group) is 1. The fraction of sp³-hybridized carbons (Fsp3) is 0.273. The summed E-state index contributed by atoms with van der Waals surface area (Å²) in [5, 5.41) is 6.22. The summed E-state index contributed by atoms with van der Waals surface area (Å²) < 4.78 is 1.10. The van der Waals surface area contributed by atoms with Gasteiger partial charge >= 0.3 is 0 Å². The minimum atomic E-state index is -0.0702. The molecule has 0 aliphatic rings. The van der Waals surface area contributed by atoms with Crippen molar-refractivity contribution in [1.29, 1.82) is 0 Å². The van der Waals surface area contributed by atoms with Crippen LogP contribution >= 0.6 is 23.7 Å². The smallest absolute Gasteiger partial charge is 0.240 e. The Balaban J connectivity index is 0.00000144. The molecule has 1 amide bonds. The molecule has 2 aromatic rings. The molecule has 0 aliphatic heterocycles. The van der Waals surface area contributed by atoms with Gasteiger partial charge in [0.1, 0.15) is 0 Å². The Morgan fingerprint density at radius 1 is 1.47 bits per heavy atom. The lowest BCUT2D eigenvalue weighted by Gasteiger charge is -1.98. The molecule has 0 unspecified atom stereocenters. The Morgan fingerprint density at radius 2 is 2.24 bits per heavy atom. The molecule has 0 atom stereocenters. The minimum absolute atomic E-state index is 0. The molecule has 0 saturated heterocycles. The second kappa shape index (κ2) is 5.95. The van der Waals surface area contributed by atoms with E-state index in [2.05, 4.69) is 15.6 Å². The molecule has 1 heterocycles. The zero-order valence-corrected chi connectivity index (χ0v) is 11.2. The Labute approximate surface area is 110 Å². The highest BCUT2D eigenvalue weighted by molar-refractivity contribution is 7.22. The van der Waals surface area contributed by atoms with Gasteiger partial charge in [0, 0.05) is 0 Å². The second-order valence-electron chi connectivity index (χ2n) is 3.52. The van der Waals surface area contributed by atoms with Gasteiger partial charge in [0.2, 0.25) is 5.91 Å². The lowest BCUT2D eigenvalue weighted by molar-refractivity contribution is -0.115. The molecule has 17 heavy (non-hydrogen) atoms. The first-order chi connectivity index (χ1) is 7.70. The van der Waals surface area contributed by atoms with Gasteiger partial charge in [-0.25, -0.2) is 4.98 Å². The van der Waals surface area contributed by atoms with Gasteiger partial charge in [-0.2, -0.15) is 0 Å². The van der Waals surface area contributed by atoms with Crippen LogP contribution in [0.25, 0.3) is 10.2 Å². The van der Waals surface area contributed by atoms with Crippen LogP contribution in [0.1, 0.15) is 5.56 Å². The number of nitrogens with zero attached hydrogens (tertiary/aromatic N) is 1. The first kappa shape index (κ1) is 13.9. The average Bonchev–Trinajstić information content (AvgIpc) is 2.62. The highest BCUT2D eigenvalue weighted by Crippen LogP contribution is 2.27. The van der Waals surface area contributed by atoms with Crippen molar-refractivity contribution < 1.29 is 4.79 Å². The number of carbonyl (C=O) groups is 1. The summed E-state index contributed by atoms with van der Waals surface area (Å²) in [4.78, 5) is 15.8. The summed E-state index contributed by atoms with van der Waals surface area (Å²) in [6, 6.07) is 6.02. The lowest BCUT2D eigenvalue weighted by atomic mass is 10.2. The van der Waals surface area contributed by atoms with Crippen LogP contribution in [0, 0.1) is 6.92 Å². The van der Waals surface area contributed by atoms with Crippen LogP contribution in [0.3, 0.4) is 0 Å². The van der Waals surface area contributed by atoms with E-state index in [1.807, 2.05) is 25.1 Å². The third-order valence-electron chi connectivity index (χ3n) is 2.20. The van der Waals surface area contributed by atoms with Crippen LogP contribution in [-0.2, 0) is 4.79 Å². The van der Waals surface area contributed by atoms with Crippen molar-refractivity contribution in [2.24, 2.45) is 0 Å². The van der Waals surface area contributed by atoms with Crippen molar-refractivity contribution in [3.05, 3.63) is 23.8 Å². The average molecular weight is 272 g/mol. The highest BCUT2D eigenvalue weighted by atomic mass is 35.5. The third-order valence-corrected chi connectivity index (χ3v) is 3.14. The Morgan fingerprint density at radius 3 is 2.88 bits per heavy atom. The molecular formula is C11H14ClN3OS. The van der Waals surface area contributed by atoms with Gasteiger partial charge in [-0.1, -0.05) is 23.5 Å². The van der Waals surface area contributed by atoms with Crippen molar-refractivity contribution in [2.45, 2.75) is 6.92 Å². The number of rotatable bonds is 3. The SMILES string of the molecule is CNCC(=O)Nc1nc2c(C)cccc2s1.Cl. The third kappa shape index (κ3) is 3.15. The van der Waals surface area contributed by atoms with Crippen LogP contribution in [0.5, 0.6) is 0 Å². The fourth-order valence-corrected chi connectivity index (χ4v) is 2.42. The second-order valence-corrected chi connectivity index (χ2v) is 4.55. The number of halogens is 1. The standard InChI is InChI=1S/C11H13N3OS.ClH/c1-7-4-3-5-8-10(7)14-11(16-8)13-9(15)6-12-2;/h3-5,12H,6H2,1-2H3,(H,13,14,15);1H. The van der Waals surface area contributed by atoms with Gasteiger partial charge in [-0.3, -0.25) is 4.79 Å². The number of carbonyl (C=O) groups excluding carboxylic acids is 1. The molecule has 0 radical (unpaired) electrons. The number of anilines is 1. The summed E-state index contributed by atoms with van der Waals surface area (Å²) >= 11 is 1.49. The largest absolute Gasteiger partial charge is 0.311 e. The van der Waals surface area contributed by atoms with E-state index >= 15 is 0 Å². The number of thiazole rings is 1. The van der Waals surface area contributed by atoms with E-state index in [4.69, 9.17) is 0 Å². The molecule has 92 valence electrons. The van der Waals surface area contributed by atoms with E-state index in [0.717, 1.165) is 15.8 Å². The Kier molecular flexibility index (Phi) is 4.86. The maximum Gasteiger partial charge on any atom is 0.240 e. The molecule has 2 rings (SSSR count). The van der Waals surface area contributed by atoms with Gasteiger partial charge < -0.3 is 10.6 Å². The summed E-state index contributed by atoms with van der Waals surface area (Å²) in [5.41, 5.74) is 2.09. The van der Waals surface area contributed by atoms with Crippen molar-refractivity contribution >= 4 is 45.0 Å². The number of amides is 1. The first-order valence-electron chi connectivity index (χ1n) is 5.01. The maximum atomic E-state index is 11.4. The number of aromatic nitrogens is 1. The fourth-order valence-electron chi connectivity index (χ4n) is 1.46. The maximum absolute atomic E-state index is 11.4. The minimum Gasteiger partial charge on any atom is -0.311 e. The number of fused-ring (bicyclic) bond motifs is 1. The van der Waals surface area contributed by atoms with Crippen LogP contribution in [0.15, 0.2) is 18.2 Å². The molecule has 0 spiro atoms. The molecule has 0 aliphatic carbocycles. The normalized spacial score (nSPS) is 10.0. The van der Waals surface area contributed by atoms with E-state index in [-0.39, 0.29) is 18.3 Å². The van der Waals surface area contributed by atoms with Crippen LogP contribution < -0.4 is 10.6 Å². The predicted octanol–water partition coefficient (Wildman–Crippen LogP) is 2.18. The monoisotopic (exact) mass is 271 g/mol. The number of hydrogen-bond donors (Lipinski definition) is 2. The molecular weight excluding hydrogens is 258 g/mol. The lowest BCUT2D eigenvalue weighted by Crippen LogP contribution is -2.24. The Bertz CT molecular complexity index is 526. The van der Waals surface area contributed by atoms with E-state index in [0.29, 0.717) is 11.7 Å². The number of benzene rings is 1. The van der Waals surface area contributed by atoms with Crippen LogP contribution in [0.4, 0.5) is 5.13 Å². The molecule has 1 aromatic heterocycles. The zero-order valence-electron chi connectivity index (χ0n) is 9.61. The first-order valence-corrected chi connectivity index (χ1v) is 5.83. The Hall–Kier alpha value is -1.17. The molecule has 2 N–H and O–H groups in total. The highest BCUT2D eigenvalue weighted by Gasteiger charge is 2.07. The molecule has 4 nitrogen and oxygen atoms in total. The quantitative estimate of drug-likeness (QED) is 0.900. The van der Waals surface area contributed by atoms with Gasteiger partial charge in [-0.15, -0.1) is 12.4 Å². The van der Waals surface area contributed by atoms with Gasteiger partial charge in [0.15, 0.2) is 5.13 Å². The molecule has 1 aromatic carbocycles. The molecule has 0 bridgehead atoms. The van der Waals surface area contributed by atoms with Crippen molar-refractivity contribution in [1.82, 2.24) is 10.3 Å². The van der Waals surface area contributed by atoms with Crippen LogP contribution in [0.2, 0.25) is 0 Å².